The van der Waals surface area contributed by atoms with Crippen molar-refractivity contribution in [2.75, 3.05) is 20.8 Å². The molecule has 144 valence electrons. The van der Waals surface area contributed by atoms with Gasteiger partial charge in [-0.3, -0.25) is 4.79 Å². The van der Waals surface area contributed by atoms with E-state index in [9.17, 15) is 4.79 Å². The van der Waals surface area contributed by atoms with E-state index in [1.807, 2.05) is 29.2 Å². The molecule has 1 amide bonds. The van der Waals surface area contributed by atoms with E-state index in [1.54, 1.807) is 49.0 Å². The van der Waals surface area contributed by atoms with Crippen LogP contribution in [0.15, 0.2) is 53.2 Å². The molecule has 0 aliphatic carbocycles. The van der Waals surface area contributed by atoms with Crippen LogP contribution in [0.2, 0.25) is 0 Å². The maximum absolute atomic E-state index is 13.1. The van der Waals surface area contributed by atoms with Gasteiger partial charge in [-0.05, 0) is 47.0 Å². The number of hydrogen-bond acceptors (Lipinski definition) is 5. The van der Waals surface area contributed by atoms with Gasteiger partial charge in [0.2, 0.25) is 5.91 Å². The highest BCUT2D eigenvalue weighted by Crippen LogP contribution is 2.39. The third-order valence-electron chi connectivity index (χ3n) is 4.90. The van der Waals surface area contributed by atoms with Crippen LogP contribution in [0.4, 0.5) is 0 Å². The van der Waals surface area contributed by atoms with Gasteiger partial charge in [0, 0.05) is 27.9 Å². The molecular weight excluding hydrogens is 390 g/mol. The predicted octanol–water partition coefficient (Wildman–Crippen LogP) is 5.01. The molecule has 0 fully saturated rings. The molecule has 3 heterocycles. The zero-order valence-electron chi connectivity index (χ0n) is 15.8. The lowest BCUT2D eigenvalue weighted by molar-refractivity contribution is -0.127. The number of para-hydroxylation sites is 1. The normalized spacial score (nSPS) is 16.2. The number of nitrogens with zero attached hydrogens (tertiary/aromatic N) is 1. The third kappa shape index (κ3) is 3.45. The van der Waals surface area contributed by atoms with Crippen molar-refractivity contribution in [1.29, 1.82) is 0 Å². The summed E-state index contributed by atoms with van der Waals surface area (Å²) >= 11 is 3.47. The monoisotopic (exact) mass is 411 g/mol. The fraction of sp³-hybridized carbons (Fsp3) is 0.227. The van der Waals surface area contributed by atoms with E-state index in [0.717, 1.165) is 12.0 Å². The number of fused-ring (bicyclic) bond motifs is 1. The molecule has 1 aromatic carbocycles. The summed E-state index contributed by atoms with van der Waals surface area (Å²) in [6.45, 7) is 0.717. The summed E-state index contributed by atoms with van der Waals surface area (Å²) < 4.78 is 10.8. The molecule has 0 bridgehead atoms. The highest BCUT2D eigenvalue weighted by Gasteiger charge is 2.32. The number of hydrogen-bond donors (Lipinski definition) is 0. The van der Waals surface area contributed by atoms with Crippen molar-refractivity contribution in [3.05, 3.63) is 74.1 Å². The van der Waals surface area contributed by atoms with E-state index in [-0.39, 0.29) is 11.9 Å². The van der Waals surface area contributed by atoms with Crippen LogP contribution in [0, 0.1) is 0 Å². The van der Waals surface area contributed by atoms with Crippen LogP contribution in [0.1, 0.15) is 26.9 Å². The van der Waals surface area contributed by atoms with Crippen molar-refractivity contribution in [3.8, 4) is 11.5 Å². The summed E-state index contributed by atoms with van der Waals surface area (Å²) in [5, 5.41) is 4.19. The zero-order chi connectivity index (χ0) is 19.5. The smallest absolute Gasteiger partial charge is 0.247 e. The molecule has 1 unspecified atom stereocenters. The molecule has 0 spiro atoms. The van der Waals surface area contributed by atoms with Gasteiger partial charge in [0.05, 0.1) is 20.3 Å². The molecule has 0 saturated heterocycles. The Morgan fingerprint density at radius 1 is 1.11 bits per heavy atom. The topological polar surface area (TPSA) is 38.8 Å². The van der Waals surface area contributed by atoms with Crippen molar-refractivity contribution in [3.63, 3.8) is 0 Å². The molecule has 1 atom stereocenters. The molecule has 2 aromatic heterocycles. The maximum Gasteiger partial charge on any atom is 0.247 e. The lowest BCUT2D eigenvalue weighted by Crippen LogP contribution is -2.38. The first-order valence-corrected chi connectivity index (χ1v) is 10.8. The van der Waals surface area contributed by atoms with Crippen LogP contribution in [0.25, 0.3) is 6.08 Å². The number of thiophene rings is 2. The summed E-state index contributed by atoms with van der Waals surface area (Å²) in [6.07, 6.45) is 4.34. The second kappa shape index (κ2) is 8.20. The van der Waals surface area contributed by atoms with Crippen molar-refractivity contribution < 1.29 is 14.3 Å². The van der Waals surface area contributed by atoms with Crippen LogP contribution >= 0.6 is 22.7 Å². The Kier molecular flexibility index (Phi) is 5.50. The molecular formula is C22H21NO3S2. The molecule has 28 heavy (non-hydrogen) atoms. The van der Waals surface area contributed by atoms with Gasteiger partial charge in [0.1, 0.15) is 0 Å². The minimum Gasteiger partial charge on any atom is -0.493 e. The van der Waals surface area contributed by atoms with E-state index in [2.05, 4.69) is 22.9 Å². The average molecular weight is 412 g/mol. The van der Waals surface area contributed by atoms with Crippen molar-refractivity contribution in [2.24, 2.45) is 0 Å². The molecule has 0 saturated carbocycles. The predicted molar refractivity (Wildman–Crippen MR) is 114 cm³/mol. The van der Waals surface area contributed by atoms with Crippen molar-refractivity contribution in [2.45, 2.75) is 12.5 Å². The second-order valence-corrected chi connectivity index (χ2v) is 8.39. The largest absolute Gasteiger partial charge is 0.493 e. The van der Waals surface area contributed by atoms with E-state index in [1.165, 1.54) is 15.3 Å². The maximum atomic E-state index is 13.1. The fourth-order valence-corrected chi connectivity index (χ4v) is 5.37. The minimum absolute atomic E-state index is 0.000114. The number of carbonyl (C=O) groups is 1. The quantitative estimate of drug-likeness (QED) is 0.554. The summed E-state index contributed by atoms with van der Waals surface area (Å²) in [4.78, 5) is 17.7. The number of amides is 1. The fourth-order valence-electron chi connectivity index (χ4n) is 3.61. The molecule has 4 nitrogen and oxygen atoms in total. The molecule has 6 heteroatoms. The Morgan fingerprint density at radius 3 is 2.75 bits per heavy atom. The Labute approximate surface area is 172 Å². The van der Waals surface area contributed by atoms with Crippen LogP contribution in [-0.4, -0.2) is 31.6 Å². The Bertz CT molecular complexity index is 991. The van der Waals surface area contributed by atoms with Gasteiger partial charge in [0.15, 0.2) is 11.5 Å². The van der Waals surface area contributed by atoms with E-state index < -0.39 is 0 Å². The minimum atomic E-state index is -0.0145. The SMILES string of the molecule is COc1cccc(C=CC(=O)N2CCc3sccc3C2c2cccs2)c1OC. The van der Waals surface area contributed by atoms with E-state index in [4.69, 9.17) is 9.47 Å². The molecule has 0 radical (unpaired) electrons. The number of ether oxygens (including phenoxy) is 2. The lowest BCUT2D eigenvalue weighted by atomic mass is 9.98. The third-order valence-corrected chi connectivity index (χ3v) is 6.82. The van der Waals surface area contributed by atoms with Crippen LogP contribution in [-0.2, 0) is 11.2 Å². The van der Waals surface area contributed by atoms with E-state index >= 15 is 0 Å². The summed E-state index contributed by atoms with van der Waals surface area (Å²) in [5.41, 5.74) is 2.07. The van der Waals surface area contributed by atoms with E-state index in [0.29, 0.717) is 18.0 Å². The van der Waals surface area contributed by atoms with Crippen LogP contribution in [0.3, 0.4) is 0 Å². The molecule has 3 aromatic rings. The first-order chi connectivity index (χ1) is 13.7. The highest BCUT2D eigenvalue weighted by atomic mass is 32.1. The zero-order valence-corrected chi connectivity index (χ0v) is 17.4. The van der Waals surface area contributed by atoms with Gasteiger partial charge in [-0.25, -0.2) is 0 Å². The van der Waals surface area contributed by atoms with Gasteiger partial charge in [-0.1, -0.05) is 18.2 Å². The van der Waals surface area contributed by atoms with Gasteiger partial charge in [0.25, 0.3) is 0 Å². The first kappa shape index (κ1) is 18.8. The number of carbonyl (C=O) groups excluding carboxylic acids is 1. The molecule has 4 rings (SSSR count). The highest BCUT2D eigenvalue weighted by molar-refractivity contribution is 7.10. The van der Waals surface area contributed by atoms with Gasteiger partial charge >= 0.3 is 0 Å². The Balaban J connectivity index is 1.64. The standard InChI is InChI=1S/C22H21NO3S2/c1-25-17-6-3-5-15(22(17)26-2)8-9-20(24)23-12-10-18-16(11-14-28-18)21(23)19-7-4-13-27-19/h3-9,11,13-14,21H,10,12H2,1-2H3. The first-order valence-electron chi connectivity index (χ1n) is 9.02. The van der Waals surface area contributed by atoms with Crippen LogP contribution in [0.5, 0.6) is 11.5 Å². The number of rotatable bonds is 5. The number of benzene rings is 1. The molecule has 0 N–H and O–H groups in total. The molecule has 1 aliphatic heterocycles. The summed E-state index contributed by atoms with van der Waals surface area (Å²) in [7, 11) is 3.21. The van der Waals surface area contributed by atoms with Gasteiger partial charge < -0.3 is 14.4 Å². The van der Waals surface area contributed by atoms with Gasteiger partial charge in [-0.2, -0.15) is 0 Å². The second-order valence-electron chi connectivity index (χ2n) is 6.41. The average Bonchev–Trinajstić information content (AvgIpc) is 3.42. The summed E-state index contributed by atoms with van der Waals surface area (Å²) in [5.74, 6) is 1.28. The Morgan fingerprint density at radius 2 is 2.00 bits per heavy atom. The summed E-state index contributed by atoms with van der Waals surface area (Å²) in [6, 6.07) is 11.9. The molecule has 1 aliphatic rings. The lowest BCUT2D eigenvalue weighted by Gasteiger charge is -2.34. The van der Waals surface area contributed by atoms with Crippen LogP contribution < -0.4 is 9.47 Å². The van der Waals surface area contributed by atoms with Crippen molar-refractivity contribution >= 4 is 34.7 Å². The van der Waals surface area contributed by atoms with Crippen molar-refractivity contribution in [1.82, 2.24) is 4.90 Å². The van der Waals surface area contributed by atoms with Gasteiger partial charge in [-0.15, -0.1) is 22.7 Å². The Hall–Kier alpha value is -2.57. The number of methoxy groups -OCH3 is 2.